The van der Waals surface area contributed by atoms with E-state index in [1.807, 2.05) is 36.4 Å². The third kappa shape index (κ3) is 5.43. The van der Waals surface area contributed by atoms with Crippen LogP contribution in [0.25, 0.3) is 21.6 Å². The van der Waals surface area contributed by atoms with Gasteiger partial charge in [-0.05, 0) is 60.2 Å². The normalized spacial score (nSPS) is 10.8. The first-order valence-electron chi connectivity index (χ1n) is 9.53. The fraction of sp³-hybridized carbons (Fsp3) is 0.0417. The van der Waals surface area contributed by atoms with E-state index < -0.39 is 0 Å². The first-order chi connectivity index (χ1) is 15.4. The molecule has 2 N–H and O–H groups in total. The van der Waals surface area contributed by atoms with Crippen LogP contribution >= 0.6 is 46.1 Å². The third-order valence-electron chi connectivity index (χ3n) is 4.64. The van der Waals surface area contributed by atoms with Gasteiger partial charge in [0.1, 0.15) is 5.82 Å². The number of hydrogen-bond donors (Lipinski definition) is 2. The average molecular weight is 506 g/mol. The molecule has 0 saturated carbocycles. The van der Waals surface area contributed by atoms with E-state index in [1.54, 1.807) is 12.1 Å². The number of nitrogens with one attached hydrogen (secondary N) is 2. The summed E-state index contributed by atoms with van der Waals surface area (Å²) in [6.07, 6.45) is 0. The molecule has 2 amide bonds. The Morgan fingerprint density at radius 1 is 0.844 bits per heavy atom. The van der Waals surface area contributed by atoms with Crippen molar-refractivity contribution < 1.29 is 9.18 Å². The van der Waals surface area contributed by atoms with Crippen molar-refractivity contribution in [1.82, 2.24) is 5.32 Å². The van der Waals surface area contributed by atoms with E-state index in [0.717, 1.165) is 26.4 Å². The van der Waals surface area contributed by atoms with E-state index in [0.29, 0.717) is 27.3 Å². The summed E-state index contributed by atoms with van der Waals surface area (Å²) in [6.45, 7) is 0.309. The molecule has 4 aromatic rings. The van der Waals surface area contributed by atoms with Gasteiger partial charge >= 0.3 is 6.03 Å². The highest BCUT2D eigenvalue weighted by Gasteiger charge is 2.16. The minimum absolute atomic E-state index is 0.309. The number of rotatable bonds is 5. The van der Waals surface area contributed by atoms with Crippen molar-refractivity contribution in [2.24, 2.45) is 0 Å². The van der Waals surface area contributed by atoms with Crippen LogP contribution < -0.4 is 10.6 Å². The lowest BCUT2D eigenvalue weighted by Gasteiger charge is -2.07. The summed E-state index contributed by atoms with van der Waals surface area (Å²) in [5.74, 6) is -0.363. The Balaban J connectivity index is 1.59. The number of halogens is 4. The number of hydrogen-bond acceptors (Lipinski definition) is 2. The number of carbonyl (C=O) groups is 1. The van der Waals surface area contributed by atoms with E-state index in [9.17, 15) is 9.18 Å². The first kappa shape index (κ1) is 22.6. The highest BCUT2D eigenvalue weighted by Crippen LogP contribution is 2.43. The van der Waals surface area contributed by atoms with Crippen LogP contribution in [-0.2, 0) is 6.54 Å². The van der Waals surface area contributed by atoms with Crippen LogP contribution in [-0.4, -0.2) is 6.03 Å². The molecule has 4 rings (SSSR count). The minimum atomic E-state index is -0.385. The van der Waals surface area contributed by atoms with E-state index in [4.69, 9.17) is 34.8 Å². The molecule has 0 aliphatic rings. The Morgan fingerprint density at radius 3 is 2.22 bits per heavy atom. The van der Waals surface area contributed by atoms with Gasteiger partial charge in [-0.15, -0.1) is 11.3 Å². The fourth-order valence-corrected chi connectivity index (χ4v) is 4.97. The molecule has 162 valence electrons. The number of amides is 2. The molecule has 3 nitrogen and oxygen atoms in total. The average Bonchev–Trinajstić information content (AvgIpc) is 3.18. The molecule has 0 fully saturated rings. The van der Waals surface area contributed by atoms with Gasteiger partial charge < -0.3 is 10.6 Å². The summed E-state index contributed by atoms with van der Waals surface area (Å²) in [4.78, 5) is 14.2. The topological polar surface area (TPSA) is 41.1 Å². The molecule has 0 aliphatic carbocycles. The third-order valence-corrected chi connectivity index (χ3v) is 6.61. The van der Waals surface area contributed by atoms with Gasteiger partial charge in [-0.25, -0.2) is 9.18 Å². The highest BCUT2D eigenvalue weighted by atomic mass is 35.5. The largest absolute Gasteiger partial charge is 0.333 e. The molecule has 0 atom stereocenters. The molecule has 0 radical (unpaired) electrons. The molecule has 0 saturated heterocycles. The monoisotopic (exact) mass is 504 g/mol. The van der Waals surface area contributed by atoms with Crippen LogP contribution in [0.1, 0.15) is 4.88 Å². The van der Waals surface area contributed by atoms with Crippen molar-refractivity contribution in [3.63, 3.8) is 0 Å². The highest BCUT2D eigenvalue weighted by molar-refractivity contribution is 7.16. The van der Waals surface area contributed by atoms with Crippen molar-refractivity contribution in [2.75, 3.05) is 5.32 Å². The molecule has 0 spiro atoms. The summed E-state index contributed by atoms with van der Waals surface area (Å²) in [5.41, 5.74) is 3.32. The number of thiophene rings is 1. The number of carbonyl (C=O) groups excluding carboxylic acids is 1. The lowest BCUT2D eigenvalue weighted by molar-refractivity contribution is 0.252. The van der Waals surface area contributed by atoms with Gasteiger partial charge in [0.05, 0.1) is 11.6 Å². The van der Waals surface area contributed by atoms with E-state index in [2.05, 4.69) is 10.6 Å². The first-order valence-corrected chi connectivity index (χ1v) is 11.5. The predicted octanol–water partition coefficient (Wildman–Crippen LogP) is 8.50. The molecule has 0 bridgehead atoms. The quantitative estimate of drug-likeness (QED) is 0.280. The Morgan fingerprint density at radius 2 is 1.53 bits per heavy atom. The molecule has 8 heteroatoms. The van der Waals surface area contributed by atoms with Crippen molar-refractivity contribution in [3.05, 3.63) is 98.6 Å². The van der Waals surface area contributed by atoms with Crippen molar-refractivity contribution in [3.8, 4) is 21.6 Å². The second-order valence-electron chi connectivity index (χ2n) is 6.90. The smallest absolute Gasteiger partial charge is 0.319 e. The summed E-state index contributed by atoms with van der Waals surface area (Å²) in [6, 6.07) is 20.1. The second kappa shape index (κ2) is 9.92. The zero-order valence-electron chi connectivity index (χ0n) is 16.5. The van der Waals surface area contributed by atoms with Crippen LogP contribution in [0.5, 0.6) is 0 Å². The van der Waals surface area contributed by atoms with Gasteiger partial charge in [-0.1, -0.05) is 53.0 Å². The summed E-state index contributed by atoms with van der Waals surface area (Å²) in [7, 11) is 0. The van der Waals surface area contributed by atoms with Gasteiger partial charge in [0, 0.05) is 36.6 Å². The van der Waals surface area contributed by atoms with E-state index in [1.165, 1.54) is 35.6 Å². The minimum Gasteiger partial charge on any atom is -0.333 e. The summed E-state index contributed by atoms with van der Waals surface area (Å²) in [5, 5.41) is 7.26. The summed E-state index contributed by atoms with van der Waals surface area (Å²) >= 11 is 20.1. The van der Waals surface area contributed by atoms with Gasteiger partial charge in [0.25, 0.3) is 0 Å². The molecule has 1 heterocycles. The molecule has 32 heavy (non-hydrogen) atoms. The SMILES string of the molecule is O=C(NCc1cc(-c2ccc(Cl)cc2)c(-c2ccc(Cl)cc2Cl)s1)Nc1ccc(F)cc1. The maximum Gasteiger partial charge on any atom is 0.319 e. The van der Waals surface area contributed by atoms with E-state index >= 15 is 0 Å². The Labute approximate surface area is 203 Å². The van der Waals surface area contributed by atoms with Crippen LogP contribution in [0.2, 0.25) is 15.1 Å². The van der Waals surface area contributed by atoms with Crippen LogP contribution in [0, 0.1) is 5.82 Å². The lowest BCUT2D eigenvalue weighted by atomic mass is 10.0. The maximum absolute atomic E-state index is 13.0. The van der Waals surface area contributed by atoms with Gasteiger partial charge in [0.2, 0.25) is 0 Å². The zero-order valence-corrected chi connectivity index (χ0v) is 19.5. The predicted molar refractivity (Wildman–Crippen MR) is 132 cm³/mol. The van der Waals surface area contributed by atoms with Gasteiger partial charge in [0.15, 0.2) is 0 Å². The number of benzene rings is 3. The Hall–Kier alpha value is -2.57. The molecular formula is C24H16Cl3FN2OS. The van der Waals surface area contributed by atoms with Crippen LogP contribution in [0.3, 0.4) is 0 Å². The fourth-order valence-electron chi connectivity index (χ4n) is 3.12. The number of urea groups is 1. The summed E-state index contributed by atoms with van der Waals surface area (Å²) < 4.78 is 13.0. The van der Waals surface area contributed by atoms with Gasteiger partial charge in [-0.3, -0.25) is 0 Å². The molecule has 3 aromatic carbocycles. The lowest BCUT2D eigenvalue weighted by Crippen LogP contribution is -2.27. The second-order valence-corrected chi connectivity index (χ2v) is 9.32. The standard InChI is InChI=1S/C24H16Cl3FN2OS/c25-15-3-1-14(2-4-15)21-12-19(32-23(21)20-10-5-16(26)11-22(20)27)13-29-24(31)30-18-8-6-17(28)7-9-18/h1-12H,13H2,(H2,29,30,31). The van der Waals surface area contributed by atoms with E-state index in [-0.39, 0.29) is 11.8 Å². The van der Waals surface area contributed by atoms with Crippen molar-refractivity contribution in [1.29, 1.82) is 0 Å². The van der Waals surface area contributed by atoms with Crippen molar-refractivity contribution in [2.45, 2.75) is 6.54 Å². The van der Waals surface area contributed by atoms with Crippen LogP contribution in [0.4, 0.5) is 14.9 Å². The number of anilines is 1. The molecule has 0 unspecified atom stereocenters. The van der Waals surface area contributed by atoms with Crippen molar-refractivity contribution >= 4 is 57.9 Å². The molecular weight excluding hydrogens is 490 g/mol. The van der Waals surface area contributed by atoms with Gasteiger partial charge in [-0.2, -0.15) is 0 Å². The maximum atomic E-state index is 13.0. The Bertz CT molecular complexity index is 1260. The molecule has 1 aromatic heterocycles. The van der Waals surface area contributed by atoms with Crippen LogP contribution in [0.15, 0.2) is 72.8 Å². The Kier molecular flexibility index (Phi) is 7.01. The zero-order chi connectivity index (χ0) is 22.7. The molecule has 0 aliphatic heterocycles.